The van der Waals surface area contributed by atoms with E-state index in [0.717, 1.165) is 11.3 Å². The van der Waals surface area contributed by atoms with Crippen LogP contribution in [0, 0.1) is 0 Å². The molecule has 23 heavy (non-hydrogen) atoms. The summed E-state index contributed by atoms with van der Waals surface area (Å²) in [5, 5.41) is 3.43. The van der Waals surface area contributed by atoms with E-state index in [1.54, 1.807) is 6.20 Å². The molecule has 6 nitrogen and oxygen atoms in total. The van der Waals surface area contributed by atoms with Gasteiger partial charge in [-0.15, -0.1) is 0 Å². The smallest absolute Gasteiger partial charge is 0.230 e. The zero-order valence-corrected chi connectivity index (χ0v) is 14.0. The number of nitrogens with one attached hydrogen (secondary N) is 2. The second-order valence-corrected chi connectivity index (χ2v) is 8.62. The lowest BCUT2D eigenvalue weighted by atomic mass is 10.2. The average molecular weight is 351 g/mol. The molecule has 0 aliphatic carbocycles. The number of sulfone groups is 1. The number of carbonyl (C=O) groups is 1. The minimum Gasteiger partial charge on any atom is -0.352 e. The topological polar surface area (TPSA) is 91.9 Å². The zero-order chi connectivity index (χ0) is 16.3. The summed E-state index contributed by atoms with van der Waals surface area (Å²) in [6.07, 6.45) is 2.23. The van der Waals surface area contributed by atoms with Crippen LogP contribution in [0.4, 0.5) is 0 Å². The molecule has 1 aliphatic rings. The Hall–Kier alpha value is -1.80. The average Bonchev–Trinajstić information content (AvgIpc) is 3.13. The second kappa shape index (κ2) is 6.76. The maximum absolute atomic E-state index is 11.9. The predicted molar refractivity (Wildman–Crippen MR) is 89.9 cm³/mol. The van der Waals surface area contributed by atoms with Crippen molar-refractivity contribution in [2.75, 3.05) is 17.3 Å². The number of H-pyrrole nitrogens is 1. The molecule has 122 valence electrons. The molecule has 1 aromatic heterocycles. The van der Waals surface area contributed by atoms with Crippen molar-refractivity contribution in [3.8, 4) is 11.3 Å². The standard InChI is InChI=1S/C15H17N3O3S2/c19-14(17-12-6-7-23(20,21)10-12)9-22-15-16-8-13(18-15)11-4-2-1-3-5-11/h1-5,8,12H,6-7,9-10H2,(H,16,18)(H,17,19). The molecule has 1 aliphatic heterocycles. The van der Waals surface area contributed by atoms with Crippen LogP contribution in [0.1, 0.15) is 6.42 Å². The number of hydrogen-bond acceptors (Lipinski definition) is 5. The van der Waals surface area contributed by atoms with Gasteiger partial charge in [-0.3, -0.25) is 4.79 Å². The Morgan fingerprint density at radius 2 is 2.13 bits per heavy atom. The van der Waals surface area contributed by atoms with Crippen molar-refractivity contribution in [2.45, 2.75) is 17.6 Å². The van der Waals surface area contributed by atoms with E-state index in [0.29, 0.717) is 11.6 Å². The van der Waals surface area contributed by atoms with E-state index in [1.807, 2.05) is 30.3 Å². The van der Waals surface area contributed by atoms with Crippen LogP contribution in [0.15, 0.2) is 41.7 Å². The summed E-state index contributed by atoms with van der Waals surface area (Å²) >= 11 is 1.30. The van der Waals surface area contributed by atoms with Crippen LogP contribution in [-0.4, -0.2) is 47.6 Å². The molecular formula is C15H17N3O3S2. The van der Waals surface area contributed by atoms with Gasteiger partial charge in [-0.1, -0.05) is 42.1 Å². The van der Waals surface area contributed by atoms with E-state index >= 15 is 0 Å². The number of thioether (sulfide) groups is 1. The Labute approximate surface area is 139 Å². The van der Waals surface area contributed by atoms with Gasteiger partial charge in [0.2, 0.25) is 5.91 Å². The lowest BCUT2D eigenvalue weighted by Crippen LogP contribution is -2.36. The van der Waals surface area contributed by atoms with E-state index in [2.05, 4.69) is 15.3 Å². The highest BCUT2D eigenvalue weighted by atomic mass is 32.2. The lowest BCUT2D eigenvalue weighted by molar-refractivity contribution is -0.119. The molecule has 8 heteroatoms. The van der Waals surface area contributed by atoms with E-state index in [4.69, 9.17) is 0 Å². The molecule has 0 saturated carbocycles. The van der Waals surface area contributed by atoms with Crippen LogP contribution >= 0.6 is 11.8 Å². The fourth-order valence-electron chi connectivity index (χ4n) is 2.45. The largest absolute Gasteiger partial charge is 0.352 e. The third kappa shape index (κ3) is 4.35. The molecule has 1 atom stereocenters. The quantitative estimate of drug-likeness (QED) is 0.796. The van der Waals surface area contributed by atoms with Crippen LogP contribution < -0.4 is 5.32 Å². The maximum atomic E-state index is 11.9. The Balaban J connectivity index is 1.51. The Morgan fingerprint density at radius 1 is 1.35 bits per heavy atom. The molecule has 2 aromatic rings. The molecule has 1 amide bonds. The molecule has 0 bridgehead atoms. The number of imidazole rings is 1. The molecule has 0 radical (unpaired) electrons. The van der Waals surface area contributed by atoms with Crippen LogP contribution in [-0.2, 0) is 14.6 Å². The summed E-state index contributed by atoms with van der Waals surface area (Å²) < 4.78 is 22.7. The number of nitrogens with zero attached hydrogens (tertiary/aromatic N) is 1. The summed E-state index contributed by atoms with van der Waals surface area (Å²) in [4.78, 5) is 19.3. The van der Waals surface area contributed by atoms with Gasteiger partial charge in [-0.05, 0) is 12.0 Å². The first-order chi connectivity index (χ1) is 11.0. The predicted octanol–water partition coefficient (Wildman–Crippen LogP) is 1.47. The normalized spacial score (nSPS) is 19.6. The summed E-state index contributed by atoms with van der Waals surface area (Å²) in [5.41, 5.74) is 1.93. The number of aromatic nitrogens is 2. The molecule has 1 unspecified atom stereocenters. The van der Waals surface area contributed by atoms with Crippen molar-refractivity contribution in [3.05, 3.63) is 36.5 Å². The Bertz CT molecular complexity index is 787. The summed E-state index contributed by atoms with van der Waals surface area (Å²) in [6.45, 7) is 0. The van der Waals surface area contributed by atoms with E-state index < -0.39 is 9.84 Å². The first-order valence-electron chi connectivity index (χ1n) is 7.25. The molecule has 1 saturated heterocycles. The number of carbonyl (C=O) groups excluding carboxylic acids is 1. The van der Waals surface area contributed by atoms with Gasteiger partial charge in [0.1, 0.15) is 0 Å². The van der Waals surface area contributed by atoms with Crippen molar-refractivity contribution in [2.24, 2.45) is 0 Å². The molecular weight excluding hydrogens is 334 g/mol. The Morgan fingerprint density at radius 3 is 2.83 bits per heavy atom. The van der Waals surface area contributed by atoms with Gasteiger partial charge in [-0.2, -0.15) is 0 Å². The molecule has 2 heterocycles. The molecule has 1 aromatic carbocycles. The van der Waals surface area contributed by atoms with Crippen molar-refractivity contribution < 1.29 is 13.2 Å². The van der Waals surface area contributed by atoms with Crippen molar-refractivity contribution >= 4 is 27.5 Å². The van der Waals surface area contributed by atoms with Gasteiger partial charge in [0.25, 0.3) is 0 Å². The van der Waals surface area contributed by atoms with Crippen LogP contribution in [0.25, 0.3) is 11.3 Å². The fraction of sp³-hybridized carbons (Fsp3) is 0.333. The first kappa shape index (κ1) is 16.1. The third-order valence-corrected chi connectivity index (χ3v) is 6.23. The number of hydrogen-bond donors (Lipinski definition) is 2. The monoisotopic (exact) mass is 351 g/mol. The number of rotatable bonds is 5. The summed E-state index contributed by atoms with van der Waals surface area (Å²) in [5.74, 6) is 0.236. The Kier molecular flexibility index (Phi) is 4.72. The maximum Gasteiger partial charge on any atom is 0.230 e. The number of benzene rings is 1. The van der Waals surface area contributed by atoms with Crippen molar-refractivity contribution in [3.63, 3.8) is 0 Å². The molecule has 3 rings (SSSR count). The number of aromatic amines is 1. The lowest BCUT2D eigenvalue weighted by Gasteiger charge is -2.09. The van der Waals surface area contributed by atoms with Gasteiger partial charge in [-0.25, -0.2) is 13.4 Å². The third-order valence-electron chi connectivity index (χ3n) is 3.57. The van der Waals surface area contributed by atoms with Crippen LogP contribution in [0.2, 0.25) is 0 Å². The van der Waals surface area contributed by atoms with E-state index in [-0.39, 0.29) is 29.2 Å². The van der Waals surface area contributed by atoms with Crippen molar-refractivity contribution in [1.29, 1.82) is 0 Å². The van der Waals surface area contributed by atoms with Crippen LogP contribution in [0.5, 0.6) is 0 Å². The SMILES string of the molecule is O=C(CSc1ncc(-c2ccccc2)[nH]1)NC1CCS(=O)(=O)C1. The van der Waals surface area contributed by atoms with Gasteiger partial charge >= 0.3 is 0 Å². The molecule has 0 spiro atoms. The second-order valence-electron chi connectivity index (χ2n) is 5.42. The summed E-state index contributed by atoms with van der Waals surface area (Å²) in [6, 6.07) is 9.55. The van der Waals surface area contributed by atoms with E-state index in [9.17, 15) is 13.2 Å². The first-order valence-corrected chi connectivity index (χ1v) is 10.1. The zero-order valence-electron chi connectivity index (χ0n) is 12.4. The molecule has 1 fully saturated rings. The summed E-state index contributed by atoms with van der Waals surface area (Å²) in [7, 11) is -2.98. The molecule has 2 N–H and O–H groups in total. The van der Waals surface area contributed by atoms with Crippen molar-refractivity contribution in [1.82, 2.24) is 15.3 Å². The van der Waals surface area contributed by atoms with Gasteiger partial charge in [0.05, 0.1) is 29.1 Å². The minimum atomic E-state index is -2.98. The highest BCUT2D eigenvalue weighted by Crippen LogP contribution is 2.21. The fourth-order valence-corrected chi connectivity index (χ4v) is 4.79. The van der Waals surface area contributed by atoms with Gasteiger partial charge in [0, 0.05) is 6.04 Å². The van der Waals surface area contributed by atoms with Crippen LogP contribution in [0.3, 0.4) is 0 Å². The van der Waals surface area contributed by atoms with Gasteiger partial charge < -0.3 is 10.3 Å². The highest BCUT2D eigenvalue weighted by Gasteiger charge is 2.28. The minimum absolute atomic E-state index is 0.0440. The highest BCUT2D eigenvalue weighted by molar-refractivity contribution is 7.99. The number of amides is 1. The van der Waals surface area contributed by atoms with Gasteiger partial charge in [0.15, 0.2) is 15.0 Å². The van der Waals surface area contributed by atoms with E-state index in [1.165, 1.54) is 11.8 Å².